The molecular weight excluding hydrogens is 385 g/mol. The Labute approximate surface area is 172 Å². The Morgan fingerprint density at radius 2 is 2.04 bits per heavy atom. The number of anilines is 1. The minimum absolute atomic E-state index is 0. The average molecular weight is 412 g/mol. The third-order valence-corrected chi connectivity index (χ3v) is 5.41. The topological polar surface area (TPSA) is 71.5 Å². The molecule has 0 saturated heterocycles. The predicted molar refractivity (Wildman–Crippen MR) is 112 cm³/mol. The lowest BCUT2D eigenvalue weighted by Gasteiger charge is -2.24. The summed E-state index contributed by atoms with van der Waals surface area (Å²) in [7, 11) is 0. The van der Waals surface area contributed by atoms with Gasteiger partial charge in [0.15, 0.2) is 0 Å². The second kappa shape index (κ2) is 9.00. The van der Waals surface area contributed by atoms with E-state index in [1.54, 1.807) is 12.3 Å². The highest BCUT2D eigenvalue weighted by Crippen LogP contribution is 2.34. The van der Waals surface area contributed by atoms with Gasteiger partial charge in [0.2, 0.25) is 0 Å². The van der Waals surface area contributed by atoms with Gasteiger partial charge in [-0.2, -0.15) is 0 Å². The molecule has 2 aromatic rings. The number of carbonyl (C=O) groups excluding carboxylic acids is 1. The monoisotopic (exact) mass is 411 g/mol. The van der Waals surface area contributed by atoms with Gasteiger partial charge in [0.1, 0.15) is 5.76 Å². The fourth-order valence-corrected chi connectivity index (χ4v) is 3.80. The number of amides is 1. The molecule has 1 aliphatic heterocycles. The van der Waals surface area contributed by atoms with Crippen molar-refractivity contribution in [3.05, 3.63) is 53.5 Å². The zero-order valence-corrected chi connectivity index (χ0v) is 17.0. The molecule has 0 bridgehead atoms. The number of nitrogens with zero attached hydrogens (tertiary/aromatic N) is 1. The molecule has 5 nitrogen and oxygen atoms in total. The van der Waals surface area contributed by atoms with Gasteiger partial charge in [-0.1, -0.05) is 18.2 Å². The predicted octanol–water partition coefficient (Wildman–Crippen LogP) is 3.54. The summed E-state index contributed by atoms with van der Waals surface area (Å²) < 4.78 is 5.67. The van der Waals surface area contributed by atoms with Crippen molar-refractivity contribution in [1.82, 2.24) is 5.32 Å². The van der Waals surface area contributed by atoms with Crippen molar-refractivity contribution < 1.29 is 9.21 Å². The first-order valence-corrected chi connectivity index (χ1v) is 9.09. The number of hydrogen-bond acceptors (Lipinski definition) is 4. The van der Waals surface area contributed by atoms with Crippen molar-refractivity contribution in [3.63, 3.8) is 0 Å². The molecule has 2 unspecified atom stereocenters. The second-order valence-electron chi connectivity index (χ2n) is 7.22. The van der Waals surface area contributed by atoms with E-state index in [4.69, 9.17) is 10.2 Å². The summed E-state index contributed by atoms with van der Waals surface area (Å²) in [6, 6.07) is 10.7. The van der Waals surface area contributed by atoms with Crippen LogP contribution in [-0.4, -0.2) is 24.5 Å². The van der Waals surface area contributed by atoms with Gasteiger partial charge in [0, 0.05) is 24.3 Å². The smallest absolute Gasteiger partial charge is 0.255 e. The lowest BCUT2D eigenvalue weighted by atomic mass is 10.1. The molecule has 4 rings (SSSR count). The number of furan rings is 1. The zero-order chi connectivity index (χ0) is 17.4. The number of hydrogen-bond donors (Lipinski definition) is 2. The van der Waals surface area contributed by atoms with Crippen LogP contribution >= 0.6 is 24.8 Å². The minimum Gasteiger partial charge on any atom is -0.467 e. The molecule has 1 fully saturated rings. The number of carbonyl (C=O) groups is 1. The third kappa shape index (κ3) is 4.42. The Morgan fingerprint density at radius 1 is 1.30 bits per heavy atom. The van der Waals surface area contributed by atoms with Crippen LogP contribution in [0.4, 0.5) is 5.69 Å². The molecule has 1 aliphatic carbocycles. The van der Waals surface area contributed by atoms with Crippen LogP contribution in [0, 0.1) is 5.92 Å². The van der Waals surface area contributed by atoms with E-state index in [1.165, 1.54) is 11.3 Å². The van der Waals surface area contributed by atoms with Crippen LogP contribution in [0.2, 0.25) is 0 Å². The highest BCUT2D eigenvalue weighted by Gasteiger charge is 2.33. The zero-order valence-electron chi connectivity index (χ0n) is 15.4. The highest BCUT2D eigenvalue weighted by molar-refractivity contribution is 5.95. The molecule has 1 saturated carbocycles. The molecule has 0 radical (unpaired) electrons. The van der Waals surface area contributed by atoms with E-state index in [-0.39, 0.29) is 36.8 Å². The summed E-state index contributed by atoms with van der Waals surface area (Å²) in [5.74, 6) is 1.17. The number of rotatable bonds is 6. The molecule has 148 valence electrons. The SMILES string of the molecule is CC1Cc2ccccc2N1Cc1occc1C(=O)NC(CN)C1CC1.Cl.Cl. The van der Waals surface area contributed by atoms with Crippen LogP contribution in [0.5, 0.6) is 0 Å². The Bertz CT molecular complexity index is 776. The summed E-state index contributed by atoms with van der Waals surface area (Å²) in [5, 5.41) is 3.08. The average Bonchev–Trinajstić information content (AvgIpc) is 3.27. The summed E-state index contributed by atoms with van der Waals surface area (Å²) >= 11 is 0. The number of halogens is 2. The maximum atomic E-state index is 12.7. The quantitative estimate of drug-likeness (QED) is 0.762. The summed E-state index contributed by atoms with van der Waals surface area (Å²) in [4.78, 5) is 15.0. The molecule has 7 heteroatoms. The first kappa shape index (κ1) is 21.6. The van der Waals surface area contributed by atoms with Crippen LogP contribution < -0.4 is 16.0 Å². The van der Waals surface area contributed by atoms with Gasteiger partial charge in [-0.15, -0.1) is 24.8 Å². The van der Waals surface area contributed by atoms with Crippen molar-refractivity contribution in [3.8, 4) is 0 Å². The maximum absolute atomic E-state index is 12.7. The van der Waals surface area contributed by atoms with E-state index in [0.29, 0.717) is 36.4 Å². The lowest BCUT2D eigenvalue weighted by molar-refractivity contribution is 0.0931. The largest absolute Gasteiger partial charge is 0.467 e. The van der Waals surface area contributed by atoms with Crippen molar-refractivity contribution in [2.75, 3.05) is 11.4 Å². The highest BCUT2D eigenvalue weighted by atomic mass is 35.5. The molecule has 27 heavy (non-hydrogen) atoms. The van der Waals surface area contributed by atoms with E-state index >= 15 is 0 Å². The Balaban J connectivity index is 0.00000131. The summed E-state index contributed by atoms with van der Waals surface area (Å²) in [6.07, 6.45) is 4.94. The van der Waals surface area contributed by atoms with Gasteiger partial charge in [0.25, 0.3) is 5.91 Å². The fourth-order valence-electron chi connectivity index (χ4n) is 3.80. The number of fused-ring (bicyclic) bond motifs is 1. The van der Waals surface area contributed by atoms with Crippen LogP contribution in [0.3, 0.4) is 0 Å². The Hall–Kier alpha value is -1.69. The molecule has 2 heterocycles. The van der Waals surface area contributed by atoms with Crippen molar-refractivity contribution in [1.29, 1.82) is 0 Å². The molecule has 1 aromatic carbocycles. The van der Waals surface area contributed by atoms with Crippen LogP contribution in [0.15, 0.2) is 41.0 Å². The van der Waals surface area contributed by atoms with Crippen molar-refractivity contribution in [2.45, 2.75) is 44.8 Å². The van der Waals surface area contributed by atoms with Crippen molar-refractivity contribution in [2.24, 2.45) is 11.7 Å². The Kier molecular flexibility index (Phi) is 7.20. The second-order valence-corrected chi connectivity index (χ2v) is 7.22. The maximum Gasteiger partial charge on any atom is 0.255 e. The third-order valence-electron chi connectivity index (χ3n) is 5.41. The van der Waals surface area contributed by atoms with E-state index in [2.05, 4.69) is 41.4 Å². The number of nitrogens with one attached hydrogen (secondary N) is 1. The van der Waals surface area contributed by atoms with E-state index in [9.17, 15) is 4.79 Å². The first-order chi connectivity index (χ1) is 12.2. The van der Waals surface area contributed by atoms with Gasteiger partial charge in [0.05, 0.1) is 18.4 Å². The molecule has 2 atom stereocenters. The van der Waals surface area contributed by atoms with E-state index < -0.39 is 0 Å². The van der Waals surface area contributed by atoms with Gasteiger partial charge in [-0.3, -0.25) is 4.79 Å². The molecular formula is C20H27Cl2N3O2. The van der Waals surface area contributed by atoms with E-state index in [0.717, 1.165) is 19.3 Å². The lowest BCUT2D eigenvalue weighted by Crippen LogP contribution is -2.42. The minimum atomic E-state index is -0.0776. The standard InChI is InChI=1S/C20H25N3O2.2ClH/c1-13-10-15-4-2-3-5-18(15)23(13)12-19-16(8-9-25-19)20(24)22-17(11-21)14-6-7-14;;/h2-5,8-9,13-14,17H,6-7,10-12,21H2,1H3,(H,22,24);2*1H. The first-order valence-electron chi connectivity index (χ1n) is 9.09. The van der Waals surface area contributed by atoms with Gasteiger partial charge in [-0.25, -0.2) is 0 Å². The summed E-state index contributed by atoms with van der Waals surface area (Å²) in [5.41, 5.74) is 9.01. The molecule has 0 spiro atoms. The van der Waals surface area contributed by atoms with Crippen molar-refractivity contribution >= 4 is 36.4 Å². The van der Waals surface area contributed by atoms with Crippen LogP contribution in [0.25, 0.3) is 0 Å². The molecule has 1 aromatic heterocycles. The van der Waals surface area contributed by atoms with Crippen LogP contribution in [-0.2, 0) is 13.0 Å². The molecule has 3 N–H and O–H groups in total. The summed E-state index contributed by atoms with van der Waals surface area (Å²) in [6.45, 7) is 3.30. The van der Waals surface area contributed by atoms with Crippen LogP contribution in [0.1, 0.15) is 41.4 Å². The number of para-hydroxylation sites is 1. The van der Waals surface area contributed by atoms with Gasteiger partial charge < -0.3 is 20.4 Å². The number of benzene rings is 1. The number of nitrogens with two attached hydrogens (primary N) is 1. The fraction of sp³-hybridized carbons (Fsp3) is 0.450. The van der Waals surface area contributed by atoms with Gasteiger partial charge >= 0.3 is 0 Å². The normalized spacial score (nSPS) is 18.9. The molecule has 2 aliphatic rings. The van der Waals surface area contributed by atoms with Gasteiger partial charge in [-0.05, 0) is 49.8 Å². The molecule has 1 amide bonds. The van der Waals surface area contributed by atoms with E-state index in [1.807, 2.05) is 0 Å². The Morgan fingerprint density at radius 3 is 2.74 bits per heavy atom.